The van der Waals surface area contributed by atoms with Crippen LogP contribution in [0.4, 0.5) is 14.5 Å². The number of rotatable bonds is 3. The van der Waals surface area contributed by atoms with Crippen molar-refractivity contribution < 1.29 is 18.7 Å². The molecule has 29 heavy (non-hydrogen) atoms. The number of halogens is 2. The van der Waals surface area contributed by atoms with Gasteiger partial charge >= 0.3 is 5.97 Å². The molecule has 1 fully saturated rings. The van der Waals surface area contributed by atoms with E-state index in [1.807, 2.05) is 7.05 Å². The number of carboxylic acid groups (broad SMARTS) is 1. The van der Waals surface area contributed by atoms with E-state index in [4.69, 9.17) is 0 Å². The number of anilines is 1. The van der Waals surface area contributed by atoms with Crippen LogP contribution in [0.3, 0.4) is 0 Å². The van der Waals surface area contributed by atoms with E-state index < -0.39 is 28.6 Å². The lowest BCUT2D eigenvalue weighted by Gasteiger charge is -2.34. The van der Waals surface area contributed by atoms with Gasteiger partial charge in [0.25, 0.3) is 0 Å². The summed E-state index contributed by atoms with van der Waals surface area (Å²) in [4.78, 5) is 27.9. The molecule has 1 N–H and O–H groups in total. The van der Waals surface area contributed by atoms with Crippen molar-refractivity contribution >= 4 is 22.6 Å². The lowest BCUT2D eigenvalue weighted by Crippen LogP contribution is -2.45. The number of aromatic nitrogens is 1. The lowest BCUT2D eigenvalue weighted by atomic mass is 10.1. The molecule has 1 aliphatic heterocycles. The first kappa shape index (κ1) is 19.1. The minimum absolute atomic E-state index is 0.137. The molecule has 0 radical (unpaired) electrons. The van der Waals surface area contributed by atoms with Crippen LogP contribution in [0.25, 0.3) is 16.6 Å². The van der Waals surface area contributed by atoms with Crippen LogP contribution in [-0.2, 0) is 0 Å². The van der Waals surface area contributed by atoms with Crippen molar-refractivity contribution in [2.45, 2.75) is 0 Å². The number of pyridine rings is 1. The molecule has 0 amide bonds. The number of carbonyl (C=O) groups is 1. The van der Waals surface area contributed by atoms with Crippen LogP contribution in [0.1, 0.15) is 10.4 Å². The Kier molecular flexibility index (Phi) is 4.79. The molecule has 0 aliphatic carbocycles. The Bertz CT molecular complexity index is 1150. The first-order valence-electron chi connectivity index (χ1n) is 9.18. The molecule has 3 aromatic rings. The highest BCUT2D eigenvalue weighted by atomic mass is 19.1. The van der Waals surface area contributed by atoms with Crippen LogP contribution in [0.5, 0.6) is 0 Å². The zero-order valence-corrected chi connectivity index (χ0v) is 15.7. The molecule has 150 valence electrons. The number of hydrogen-bond donors (Lipinski definition) is 1. The highest BCUT2D eigenvalue weighted by Gasteiger charge is 2.26. The average molecular weight is 399 g/mol. The highest BCUT2D eigenvalue weighted by Crippen LogP contribution is 2.32. The third-order valence-corrected chi connectivity index (χ3v) is 5.24. The fourth-order valence-corrected chi connectivity index (χ4v) is 3.67. The molecule has 0 bridgehead atoms. The maximum absolute atomic E-state index is 15.7. The molecule has 0 saturated carbocycles. The van der Waals surface area contributed by atoms with Crippen molar-refractivity contribution in [2.75, 3.05) is 38.1 Å². The quantitative estimate of drug-likeness (QED) is 0.734. The molecule has 6 nitrogen and oxygen atoms in total. The average Bonchev–Trinajstić information content (AvgIpc) is 2.70. The van der Waals surface area contributed by atoms with Crippen molar-refractivity contribution in [3.8, 4) is 5.69 Å². The number of nitrogens with zero attached hydrogens (tertiary/aromatic N) is 3. The second kappa shape index (κ2) is 7.29. The number of carboxylic acids is 1. The van der Waals surface area contributed by atoms with E-state index in [-0.39, 0.29) is 16.6 Å². The summed E-state index contributed by atoms with van der Waals surface area (Å²) in [6.07, 6.45) is 1.09. The summed E-state index contributed by atoms with van der Waals surface area (Å²) in [6.45, 7) is 2.19. The van der Waals surface area contributed by atoms with Gasteiger partial charge in [-0.1, -0.05) is 18.2 Å². The van der Waals surface area contributed by atoms with Gasteiger partial charge < -0.3 is 19.5 Å². The van der Waals surface area contributed by atoms with Gasteiger partial charge in [-0.15, -0.1) is 0 Å². The predicted molar refractivity (Wildman–Crippen MR) is 106 cm³/mol. The number of aromatic carboxylic acids is 1. The Labute approximate surface area is 165 Å². The third-order valence-electron chi connectivity index (χ3n) is 5.24. The fourth-order valence-electron chi connectivity index (χ4n) is 3.67. The molecular weight excluding hydrogens is 380 g/mol. The maximum atomic E-state index is 15.7. The standard InChI is InChI=1S/C21H19F2N3O3/c1-24-7-9-25(10-8-24)19-16(22)11-14-18(17(19)23)26(13-5-3-2-4-6-13)12-15(20(14)27)21(28)29/h2-6,11-12H,7-10H2,1H3,(H,28,29). The van der Waals surface area contributed by atoms with Crippen molar-refractivity contribution in [3.63, 3.8) is 0 Å². The Hall–Kier alpha value is -3.26. The van der Waals surface area contributed by atoms with Gasteiger partial charge in [-0.2, -0.15) is 0 Å². The molecule has 2 heterocycles. The summed E-state index contributed by atoms with van der Waals surface area (Å²) in [5, 5.41) is 9.10. The van der Waals surface area contributed by atoms with Crippen LogP contribution >= 0.6 is 0 Å². The molecule has 4 rings (SSSR count). The first-order chi connectivity index (χ1) is 13.9. The van der Waals surface area contributed by atoms with Crippen LogP contribution in [0, 0.1) is 11.6 Å². The summed E-state index contributed by atoms with van der Waals surface area (Å²) < 4.78 is 31.9. The van der Waals surface area contributed by atoms with Crippen molar-refractivity contribution in [3.05, 3.63) is 70.0 Å². The Morgan fingerprint density at radius 3 is 2.34 bits per heavy atom. The normalized spacial score (nSPS) is 15.1. The van der Waals surface area contributed by atoms with E-state index in [0.29, 0.717) is 31.9 Å². The predicted octanol–water partition coefficient (Wildman–Crippen LogP) is 2.72. The number of likely N-dealkylation sites (N-methyl/N-ethyl adjacent to an activating group) is 1. The van der Waals surface area contributed by atoms with Crippen molar-refractivity contribution in [2.24, 2.45) is 0 Å². The molecule has 1 aromatic heterocycles. The molecule has 1 saturated heterocycles. The van der Waals surface area contributed by atoms with Crippen LogP contribution in [0.15, 0.2) is 47.4 Å². The van der Waals surface area contributed by atoms with Gasteiger partial charge in [-0.25, -0.2) is 13.6 Å². The van der Waals surface area contributed by atoms with Gasteiger partial charge in [-0.05, 0) is 25.2 Å². The fraction of sp³-hybridized carbons (Fsp3) is 0.238. The van der Waals surface area contributed by atoms with Gasteiger partial charge in [0, 0.05) is 38.1 Å². The van der Waals surface area contributed by atoms with E-state index in [1.54, 1.807) is 35.2 Å². The summed E-state index contributed by atoms with van der Waals surface area (Å²) in [5.74, 6) is -3.20. The van der Waals surface area contributed by atoms with Crippen LogP contribution < -0.4 is 10.3 Å². The van der Waals surface area contributed by atoms with Crippen LogP contribution in [0.2, 0.25) is 0 Å². The molecule has 0 spiro atoms. The molecule has 0 unspecified atom stereocenters. The molecule has 2 aromatic carbocycles. The minimum atomic E-state index is -1.45. The lowest BCUT2D eigenvalue weighted by molar-refractivity contribution is 0.0695. The molecule has 1 aliphatic rings. The molecule has 0 atom stereocenters. The van der Waals surface area contributed by atoms with E-state index in [2.05, 4.69) is 4.90 Å². The Morgan fingerprint density at radius 2 is 1.72 bits per heavy atom. The zero-order valence-electron chi connectivity index (χ0n) is 15.7. The van der Waals surface area contributed by atoms with E-state index in [9.17, 15) is 19.1 Å². The summed E-state index contributed by atoms with van der Waals surface area (Å²) >= 11 is 0. The number of fused-ring (bicyclic) bond motifs is 1. The number of piperazine rings is 1. The molecule has 8 heteroatoms. The third kappa shape index (κ3) is 3.25. The summed E-state index contributed by atoms with van der Waals surface area (Å²) in [7, 11) is 1.94. The van der Waals surface area contributed by atoms with E-state index >= 15 is 4.39 Å². The van der Waals surface area contributed by atoms with Crippen LogP contribution in [-0.4, -0.2) is 53.8 Å². The van der Waals surface area contributed by atoms with Crippen molar-refractivity contribution in [1.82, 2.24) is 9.47 Å². The van der Waals surface area contributed by atoms with Gasteiger partial charge in [-0.3, -0.25) is 4.79 Å². The Balaban J connectivity index is 2.05. The van der Waals surface area contributed by atoms with Crippen molar-refractivity contribution in [1.29, 1.82) is 0 Å². The topological polar surface area (TPSA) is 65.8 Å². The van der Waals surface area contributed by atoms with Gasteiger partial charge in [0.05, 0.1) is 10.9 Å². The monoisotopic (exact) mass is 399 g/mol. The van der Waals surface area contributed by atoms with Gasteiger partial charge in [0.2, 0.25) is 5.43 Å². The SMILES string of the molecule is CN1CCN(c2c(F)cc3c(=O)c(C(=O)O)cn(-c4ccccc4)c3c2F)CC1. The number of para-hydroxylation sites is 1. The maximum Gasteiger partial charge on any atom is 0.341 e. The van der Waals surface area contributed by atoms with E-state index in [1.165, 1.54) is 4.57 Å². The summed E-state index contributed by atoms with van der Waals surface area (Å²) in [6, 6.07) is 9.45. The van der Waals surface area contributed by atoms with Gasteiger partial charge in [0.15, 0.2) is 5.82 Å². The summed E-state index contributed by atoms with van der Waals surface area (Å²) in [5.41, 5.74) is -1.33. The first-order valence-corrected chi connectivity index (χ1v) is 9.18. The minimum Gasteiger partial charge on any atom is -0.477 e. The van der Waals surface area contributed by atoms with Gasteiger partial charge in [0.1, 0.15) is 17.1 Å². The Morgan fingerprint density at radius 1 is 1.07 bits per heavy atom. The number of hydrogen-bond acceptors (Lipinski definition) is 4. The van der Waals surface area contributed by atoms with E-state index in [0.717, 1.165) is 12.3 Å². The molecular formula is C21H19F2N3O3. The second-order valence-corrected chi connectivity index (χ2v) is 7.09. The number of benzene rings is 2. The second-order valence-electron chi connectivity index (χ2n) is 7.09. The largest absolute Gasteiger partial charge is 0.477 e. The zero-order chi connectivity index (χ0) is 20.7. The highest BCUT2D eigenvalue weighted by molar-refractivity contribution is 5.94. The smallest absolute Gasteiger partial charge is 0.341 e.